The molecule has 0 spiro atoms. The molecule has 0 radical (unpaired) electrons. The van der Waals surface area contributed by atoms with Crippen LogP contribution in [0.4, 0.5) is 0 Å². The lowest BCUT2D eigenvalue weighted by atomic mass is 9.92. The second-order valence-electron chi connectivity index (χ2n) is 8.26. The van der Waals surface area contributed by atoms with E-state index in [9.17, 15) is 5.11 Å². The van der Waals surface area contributed by atoms with Crippen molar-refractivity contribution in [1.82, 2.24) is 15.4 Å². The molecule has 1 aliphatic rings. The summed E-state index contributed by atoms with van der Waals surface area (Å²) < 4.78 is 6.00. The number of aromatic nitrogens is 1. The molecule has 0 aliphatic heterocycles. The Morgan fingerprint density at radius 1 is 1.03 bits per heavy atom. The molecule has 0 amide bonds. The number of benzene rings is 2. The molecular weight excluding hydrogens is 362 g/mol. The number of hydrogen-bond donors (Lipinski definition) is 2. The molecule has 1 heterocycles. The predicted molar refractivity (Wildman–Crippen MR) is 116 cm³/mol. The van der Waals surface area contributed by atoms with Crippen molar-refractivity contribution < 1.29 is 9.63 Å². The van der Waals surface area contributed by atoms with Crippen LogP contribution < -0.4 is 5.32 Å². The molecule has 5 heteroatoms. The molecule has 29 heavy (non-hydrogen) atoms. The zero-order chi connectivity index (χ0) is 20.3. The molecule has 2 N–H and O–H groups in total. The van der Waals surface area contributed by atoms with Crippen molar-refractivity contribution >= 4 is 0 Å². The van der Waals surface area contributed by atoms with E-state index >= 15 is 0 Å². The van der Waals surface area contributed by atoms with Gasteiger partial charge in [0.15, 0.2) is 5.76 Å². The second kappa shape index (κ2) is 8.39. The lowest BCUT2D eigenvalue weighted by Gasteiger charge is -2.16. The number of phenols is 1. The standard InChI is InChI=1S/C24H29N3O2/c1-27(2)16-6-15-25-17-24(13-14-24)23-21(18-7-4-3-5-8-18)22(26-29-23)19-9-11-20(28)12-10-19/h3-5,7-12,25,28H,6,13-17H2,1-2H3. The van der Waals surface area contributed by atoms with Crippen LogP contribution in [0.5, 0.6) is 5.75 Å². The fourth-order valence-corrected chi connectivity index (χ4v) is 3.82. The van der Waals surface area contributed by atoms with Gasteiger partial charge in [0.25, 0.3) is 0 Å². The van der Waals surface area contributed by atoms with Gasteiger partial charge in [0.1, 0.15) is 11.4 Å². The first-order valence-electron chi connectivity index (χ1n) is 10.3. The first kappa shape index (κ1) is 19.7. The Balaban J connectivity index is 1.63. The normalized spacial score (nSPS) is 15.0. The van der Waals surface area contributed by atoms with Crippen molar-refractivity contribution in [1.29, 1.82) is 0 Å². The van der Waals surface area contributed by atoms with E-state index < -0.39 is 0 Å². The summed E-state index contributed by atoms with van der Waals surface area (Å²) in [7, 11) is 4.21. The third-order valence-electron chi connectivity index (χ3n) is 5.65. The summed E-state index contributed by atoms with van der Waals surface area (Å²) in [4.78, 5) is 2.21. The summed E-state index contributed by atoms with van der Waals surface area (Å²) in [5, 5.41) is 17.8. The van der Waals surface area contributed by atoms with E-state index in [1.807, 2.05) is 30.3 Å². The van der Waals surface area contributed by atoms with Gasteiger partial charge in [0, 0.05) is 17.5 Å². The Bertz CT molecular complexity index is 929. The van der Waals surface area contributed by atoms with Crippen molar-refractivity contribution in [2.24, 2.45) is 0 Å². The molecule has 2 aromatic carbocycles. The molecule has 0 bridgehead atoms. The third-order valence-corrected chi connectivity index (χ3v) is 5.65. The zero-order valence-corrected chi connectivity index (χ0v) is 17.2. The molecule has 5 nitrogen and oxygen atoms in total. The first-order chi connectivity index (χ1) is 14.1. The summed E-state index contributed by atoms with van der Waals surface area (Å²) in [6.45, 7) is 2.99. The predicted octanol–water partition coefficient (Wildman–Crippen LogP) is 4.29. The molecule has 1 fully saturated rings. The van der Waals surface area contributed by atoms with E-state index in [4.69, 9.17) is 4.52 Å². The summed E-state index contributed by atoms with van der Waals surface area (Å²) in [6, 6.07) is 17.5. The maximum absolute atomic E-state index is 9.65. The van der Waals surface area contributed by atoms with Gasteiger partial charge in [-0.3, -0.25) is 0 Å². The van der Waals surface area contributed by atoms with Gasteiger partial charge in [0.2, 0.25) is 0 Å². The molecule has 1 aliphatic carbocycles. The van der Waals surface area contributed by atoms with Crippen LogP contribution in [0.15, 0.2) is 59.1 Å². The minimum atomic E-state index is 0.0193. The van der Waals surface area contributed by atoms with Crippen molar-refractivity contribution in [2.45, 2.75) is 24.7 Å². The molecule has 4 rings (SSSR count). The number of rotatable bonds is 9. The Morgan fingerprint density at radius 3 is 2.41 bits per heavy atom. The summed E-state index contributed by atoms with van der Waals surface area (Å²) in [6.07, 6.45) is 3.35. The summed E-state index contributed by atoms with van der Waals surface area (Å²) >= 11 is 0. The van der Waals surface area contributed by atoms with E-state index in [1.165, 1.54) is 0 Å². The minimum Gasteiger partial charge on any atom is -0.508 e. The largest absolute Gasteiger partial charge is 0.508 e. The summed E-state index contributed by atoms with van der Waals surface area (Å²) in [5.74, 6) is 1.23. The SMILES string of the molecule is CN(C)CCCNCC1(c2onc(-c3ccc(O)cc3)c2-c2ccccc2)CC1. The number of hydrogen-bond acceptors (Lipinski definition) is 5. The van der Waals surface area contributed by atoms with Gasteiger partial charge in [-0.15, -0.1) is 0 Å². The van der Waals surface area contributed by atoms with Gasteiger partial charge in [-0.05, 0) is 76.3 Å². The number of nitrogens with one attached hydrogen (secondary N) is 1. The fraction of sp³-hybridized carbons (Fsp3) is 0.375. The highest BCUT2D eigenvalue weighted by molar-refractivity contribution is 5.83. The van der Waals surface area contributed by atoms with E-state index in [0.717, 1.165) is 67.0 Å². The monoisotopic (exact) mass is 391 g/mol. The van der Waals surface area contributed by atoms with Crippen LogP contribution in [0.2, 0.25) is 0 Å². The molecule has 0 unspecified atom stereocenters. The van der Waals surface area contributed by atoms with Gasteiger partial charge < -0.3 is 19.8 Å². The average molecular weight is 392 g/mol. The number of nitrogens with zero attached hydrogens (tertiary/aromatic N) is 2. The highest BCUT2D eigenvalue weighted by Crippen LogP contribution is 2.52. The van der Waals surface area contributed by atoms with E-state index in [0.29, 0.717) is 0 Å². The molecule has 152 valence electrons. The average Bonchev–Trinajstić information content (AvgIpc) is 3.37. The highest BCUT2D eigenvalue weighted by atomic mass is 16.5. The Morgan fingerprint density at radius 2 is 1.76 bits per heavy atom. The van der Waals surface area contributed by atoms with E-state index in [2.05, 4.69) is 41.6 Å². The van der Waals surface area contributed by atoms with Gasteiger partial charge in [-0.2, -0.15) is 0 Å². The smallest absolute Gasteiger partial charge is 0.152 e. The molecule has 0 saturated heterocycles. The van der Waals surface area contributed by atoms with Gasteiger partial charge in [0.05, 0.1) is 5.56 Å². The first-order valence-corrected chi connectivity index (χ1v) is 10.3. The van der Waals surface area contributed by atoms with Gasteiger partial charge >= 0.3 is 0 Å². The van der Waals surface area contributed by atoms with Crippen LogP contribution in [0.25, 0.3) is 22.4 Å². The van der Waals surface area contributed by atoms with Crippen LogP contribution in [0.1, 0.15) is 25.0 Å². The number of aromatic hydroxyl groups is 1. The molecule has 1 aromatic heterocycles. The topological polar surface area (TPSA) is 61.5 Å². The van der Waals surface area contributed by atoms with Crippen LogP contribution in [-0.4, -0.2) is 48.9 Å². The quantitative estimate of drug-likeness (QED) is 0.533. The van der Waals surface area contributed by atoms with E-state index in [-0.39, 0.29) is 11.2 Å². The molecule has 1 saturated carbocycles. The highest BCUT2D eigenvalue weighted by Gasteiger charge is 2.49. The Kier molecular flexibility index (Phi) is 5.69. The van der Waals surface area contributed by atoms with Gasteiger partial charge in [-0.25, -0.2) is 0 Å². The number of phenolic OH excluding ortho intramolecular Hbond substituents is 1. The van der Waals surface area contributed by atoms with Crippen LogP contribution in [0.3, 0.4) is 0 Å². The van der Waals surface area contributed by atoms with Gasteiger partial charge in [-0.1, -0.05) is 35.5 Å². The van der Waals surface area contributed by atoms with Crippen molar-refractivity contribution in [3.05, 3.63) is 60.4 Å². The molecule has 0 atom stereocenters. The lowest BCUT2D eigenvalue weighted by Crippen LogP contribution is -2.29. The summed E-state index contributed by atoms with van der Waals surface area (Å²) in [5.41, 5.74) is 4.00. The maximum Gasteiger partial charge on any atom is 0.152 e. The maximum atomic E-state index is 9.65. The zero-order valence-electron chi connectivity index (χ0n) is 17.2. The lowest BCUT2D eigenvalue weighted by molar-refractivity contribution is 0.344. The molecule has 3 aromatic rings. The van der Waals surface area contributed by atoms with E-state index in [1.54, 1.807) is 12.1 Å². The Hall–Kier alpha value is -2.63. The fourth-order valence-electron chi connectivity index (χ4n) is 3.82. The Labute approximate surface area is 172 Å². The molecular formula is C24H29N3O2. The van der Waals surface area contributed by atoms with Crippen molar-refractivity contribution in [3.8, 4) is 28.1 Å². The second-order valence-corrected chi connectivity index (χ2v) is 8.26. The van der Waals surface area contributed by atoms with Crippen LogP contribution in [0, 0.1) is 0 Å². The van der Waals surface area contributed by atoms with Crippen LogP contribution >= 0.6 is 0 Å². The third kappa shape index (κ3) is 4.36. The van der Waals surface area contributed by atoms with Crippen LogP contribution in [-0.2, 0) is 5.41 Å². The minimum absolute atomic E-state index is 0.0193. The van der Waals surface area contributed by atoms with Crippen molar-refractivity contribution in [3.63, 3.8) is 0 Å². The van der Waals surface area contributed by atoms with Crippen molar-refractivity contribution in [2.75, 3.05) is 33.7 Å².